The molecule has 0 radical (unpaired) electrons. The molecule has 0 fully saturated rings. The number of nitrogens with one attached hydrogen (secondary N) is 1. The van der Waals surface area contributed by atoms with Crippen molar-refractivity contribution < 1.29 is 13.5 Å². The first-order valence-corrected chi connectivity index (χ1v) is 8.24. The summed E-state index contributed by atoms with van der Waals surface area (Å²) >= 11 is 0. The fraction of sp³-hybridized carbons (Fsp3) is 0.500. The lowest BCUT2D eigenvalue weighted by molar-refractivity contribution is 0.192. The number of halogens is 2. The number of methoxy groups -OCH3 is 1. The van der Waals surface area contributed by atoms with E-state index in [1.165, 1.54) is 12.1 Å². The first kappa shape index (κ1) is 18.5. The van der Waals surface area contributed by atoms with Gasteiger partial charge in [0.25, 0.3) is 0 Å². The summed E-state index contributed by atoms with van der Waals surface area (Å²) in [7, 11) is 1.71. The van der Waals surface area contributed by atoms with Gasteiger partial charge in [0.15, 0.2) is 5.82 Å². The van der Waals surface area contributed by atoms with Crippen molar-refractivity contribution in [3.05, 3.63) is 46.8 Å². The topological polar surface area (TPSA) is 39.1 Å². The number of hydrogen-bond acceptors (Lipinski definition) is 3. The van der Waals surface area contributed by atoms with Gasteiger partial charge in [-0.05, 0) is 51.8 Å². The Morgan fingerprint density at radius 3 is 2.67 bits per heavy atom. The van der Waals surface area contributed by atoms with Crippen LogP contribution in [0.1, 0.15) is 36.2 Å². The van der Waals surface area contributed by atoms with E-state index >= 15 is 0 Å². The highest BCUT2D eigenvalue weighted by Gasteiger charge is 2.15. The third kappa shape index (κ3) is 4.61. The fourth-order valence-electron chi connectivity index (χ4n) is 2.70. The molecule has 1 heterocycles. The number of nitrogens with zero attached hydrogens (tertiary/aromatic N) is 2. The quantitative estimate of drug-likeness (QED) is 0.710. The van der Waals surface area contributed by atoms with Gasteiger partial charge in [0.1, 0.15) is 11.5 Å². The van der Waals surface area contributed by atoms with Crippen molar-refractivity contribution in [1.29, 1.82) is 0 Å². The maximum Gasteiger partial charge on any atom is 0.151 e. The molecule has 0 bridgehead atoms. The van der Waals surface area contributed by atoms with Gasteiger partial charge in [-0.1, -0.05) is 0 Å². The lowest BCUT2D eigenvalue weighted by Gasteiger charge is -2.08. The van der Waals surface area contributed by atoms with E-state index in [1.54, 1.807) is 11.8 Å². The number of ether oxygens (including phenoxy) is 1. The van der Waals surface area contributed by atoms with Crippen LogP contribution in [-0.2, 0) is 11.3 Å². The van der Waals surface area contributed by atoms with Gasteiger partial charge in [0, 0.05) is 37.6 Å². The van der Waals surface area contributed by atoms with Crippen LogP contribution in [0.4, 0.5) is 8.78 Å². The minimum Gasteiger partial charge on any atom is -0.385 e. The average Bonchev–Trinajstić information content (AvgIpc) is 2.81. The van der Waals surface area contributed by atoms with E-state index in [1.807, 2.05) is 13.8 Å². The predicted octanol–water partition coefficient (Wildman–Crippen LogP) is 3.67. The molecule has 0 aliphatic rings. The summed E-state index contributed by atoms with van der Waals surface area (Å²) in [5.74, 6) is -1.20. The van der Waals surface area contributed by atoms with Gasteiger partial charge >= 0.3 is 0 Å². The zero-order chi connectivity index (χ0) is 17.5. The van der Waals surface area contributed by atoms with Crippen LogP contribution >= 0.6 is 0 Å². The number of unbranched alkanes of at least 4 members (excludes halogenated alkanes) is 2. The predicted molar refractivity (Wildman–Crippen MR) is 90.4 cm³/mol. The maximum absolute atomic E-state index is 14.0. The molecule has 0 aliphatic carbocycles. The van der Waals surface area contributed by atoms with Crippen molar-refractivity contribution in [2.75, 3.05) is 20.3 Å². The third-order valence-electron chi connectivity index (χ3n) is 4.08. The Balaban J connectivity index is 1.99. The molecule has 0 saturated carbocycles. The zero-order valence-electron chi connectivity index (χ0n) is 14.5. The Labute approximate surface area is 141 Å². The standard InChI is InChI=1S/C18H25F2N3O/c1-13-16(12-21-9-5-4-6-10-24-3)14(2)23(22-13)18-8-7-15(19)11-17(18)20/h7-8,11,21H,4-6,9-10,12H2,1-3H3. The van der Waals surface area contributed by atoms with Gasteiger partial charge in [0.05, 0.1) is 5.69 Å². The molecule has 24 heavy (non-hydrogen) atoms. The summed E-state index contributed by atoms with van der Waals surface area (Å²) in [6.45, 7) is 6.20. The van der Waals surface area contributed by atoms with E-state index in [0.717, 1.165) is 55.4 Å². The minimum atomic E-state index is -0.613. The summed E-state index contributed by atoms with van der Waals surface area (Å²) in [4.78, 5) is 0. The Morgan fingerprint density at radius 1 is 1.17 bits per heavy atom. The highest BCUT2D eigenvalue weighted by Crippen LogP contribution is 2.20. The van der Waals surface area contributed by atoms with Crippen molar-refractivity contribution in [3.8, 4) is 5.69 Å². The van der Waals surface area contributed by atoms with Gasteiger partial charge in [-0.15, -0.1) is 0 Å². The van der Waals surface area contributed by atoms with Gasteiger partial charge in [-0.3, -0.25) is 0 Å². The van der Waals surface area contributed by atoms with Crippen molar-refractivity contribution in [2.24, 2.45) is 0 Å². The van der Waals surface area contributed by atoms with Gasteiger partial charge in [-0.25, -0.2) is 13.5 Å². The van der Waals surface area contributed by atoms with Crippen LogP contribution in [0.5, 0.6) is 0 Å². The van der Waals surface area contributed by atoms with Crippen LogP contribution in [0, 0.1) is 25.5 Å². The number of hydrogen-bond donors (Lipinski definition) is 1. The first-order chi connectivity index (χ1) is 11.5. The smallest absolute Gasteiger partial charge is 0.151 e. The minimum absolute atomic E-state index is 0.266. The highest BCUT2D eigenvalue weighted by molar-refractivity contribution is 5.38. The van der Waals surface area contributed by atoms with Crippen molar-refractivity contribution in [2.45, 2.75) is 39.7 Å². The second kappa shape index (κ2) is 8.89. The van der Waals surface area contributed by atoms with Crippen LogP contribution in [0.2, 0.25) is 0 Å². The Kier molecular flexibility index (Phi) is 6.87. The molecular weight excluding hydrogens is 312 g/mol. The lowest BCUT2D eigenvalue weighted by atomic mass is 10.2. The summed E-state index contributed by atoms with van der Waals surface area (Å²) in [5.41, 5.74) is 3.03. The number of aromatic nitrogens is 2. The molecule has 0 atom stereocenters. The van der Waals surface area contributed by atoms with Crippen LogP contribution in [0.15, 0.2) is 18.2 Å². The Morgan fingerprint density at radius 2 is 1.96 bits per heavy atom. The van der Waals surface area contributed by atoms with Crippen LogP contribution in [0.3, 0.4) is 0 Å². The molecule has 1 aromatic carbocycles. The van der Waals surface area contributed by atoms with Crippen LogP contribution in [-0.4, -0.2) is 30.0 Å². The molecule has 0 saturated heterocycles. The van der Waals surface area contributed by atoms with E-state index in [0.29, 0.717) is 6.54 Å². The van der Waals surface area contributed by atoms with Crippen LogP contribution in [0.25, 0.3) is 5.69 Å². The second-order valence-corrected chi connectivity index (χ2v) is 5.89. The molecule has 0 aliphatic heterocycles. The SMILES string of the molecule is COCCCCCNCc1c(C)nn(-c2ccc(F)cc2F)c1C. The second-order valence-electron chi connectivity index (χ2n) is 5.89. The summed E-state index contributed by atoms with van der Waals surface area (Å²) in [5, 5.41) is 7.81. The first-order valence-electron chi connectivity index (χ1n) is 8.24. The molecule has 132 valence electrons. The monoisotopic (exact) mass is 337 g/mol. The molecule has 2 rings (SSSR count). The van der Waals surface area contributed by atoms with Gasteiger partial charge < -0.3 is 10.1 Å². The van der Waals surface area contributed by atoms with Gasteiger partial charge in [0.2, 0.25) is 0 Å². The Hall–Kier alpha value is -1.79. The van der Waals surface area contributed by atoms with E-state index in [9.17, 15) is 8.78 Å². The molecule has 4 nitrogen and oxygen atoms in total. The van der Waals surface area contributed by atoms with E-state index < -0.39 is 11.6 Å². The summed E-state index contributed by atoms with van der Waals surface area (Å²) in [6.07, 6.45) is 3.28. The maximum atomic E-state index is 14.0. The van der Waals surface area contributed by atoms with Crippen molar-refractivity contribution >= 4 is 0 Å². The van der Waals surface area contributed by atoms with Crippen LogP contribution < -0.4 is 5.32 Å². The molecule has 0 amide bonds. The van der Waals surface area contributed by atoms with Gasteiger partial charge in [-0.2, -0.15) is 5.10 Å². The number of benzene rings is 1. The molecule has 6 heteroatoms. The molecule has 0 unspecified atom stereocenters. The molecule has 1 aromatic heterocycles. The highest BCUT2D eigenvalue weighted by atomic mass is 19.1. The number of rotatable bonds is 9. The third-order valence-corrected chi connectivity index (χ3v) is 4.08. The lowest BCUT2D eigenvalue weighted by Crippen LogP contribution is -2.16. The summed E-state index contributed by atoms with van der Waals surface area (Å²) in [6, 6.07) is 3.54. The molecule has 2 aromatic rings. The molecular formula is C18H25F2N3O. The number of aryl methyl sites for hydroxylation is 1. The zero-order valence-corrected chi connectivity index (χ0v) is 14.5. The Bertz CT molecular complexity index is 671. The van der Waals surface area contributed by atoms with E-state index in [4.69, 9.17) is 4.74 Å². The van der Waals surface area contributed by atoms with E-state index in [-0.39, 0.29) is 5.69 Å². The van der Waals surface area contributed by atoms with E-state index in [2.05, 4.69) is 10.4 Å². The normalized spacial score (nSPS) is 11.2. The summed E-state index contributed by atoms with van der Waals surface area (Å²) < 4.78 is 33.6. The molecule has 1 N–H and O–H groups in total. The molecule has 0 spiro atoms. The fourth-order valence-corrected chi connectivity index (χ4v) is 2.70. The largest absolute Gasteiger partial charge is 0.385 e. The average molecular weight is 337 g/mol. The van der Waals surface area contributed by atoms with Crippen molar-refractivity contribution in [3.63, 3.8) is 0 Å². The van der Waals surface area contributed by atoms with Crippen molar-refractivity contribution in [1.82, 2.24) is 15.1 Å².